The third kappa shape index (κ3) is 8.68. The summed E-state index contributed by atoms with van der Waals surface area (Å²) in [4.78, 5) is 0. The second kappa shape index (κ2) is 13.0. The Balaban J connectivity index is 4.39. The van der Waals surface area contributed by atoms with E-state index in [1.165, 1.54) is 57.8 Å². The lowest BCUT2D eigenvalue weighted by Gasteiger charge is -2.30. The molecule has 0 fully saturated rings. The minimum absolute atomic E-state index is 0.753. The molecule has 0 aromatic rings. The van der Waals surface area contributed by atoms with Gasteiger partial charge in [-0.2, -0.15) is 0 Å². The number of hydrogen-bond acceptors (Lipinski definition) is 1. The zero-order chi connectivity index (χ0) is 14.5. The molecule has 0 aliphatic rings. The quantitative estimate of drug-likeness (QED) is 0.446. The standard InChI is InChI=1S/C18H39N/c1-6-11-13-16(8-3)15-18(19-10-5)17(9-4)14-12-7-2/h16-19H,6-15H2,1-5H3. The maximum Gasteiger partial charge on any atom is 0.00977 e. The van der Waals surface area contributed by atoms with Crippen LogP contribution in [0.3, 0.4) is 0 Å². The molecule has 1 heteroatoms. The Kier molecular flexibility index (Phi) is 12.9. The molecule has 0 aromatic heterocycles. The number of nitrogens with one attached hydrogen (secondary N) is 1. The molecular weight excluding hydrogens is 230 g/mol. The smallest absolute Gasteiger partial charge is 0.00977 e. The predicted octanol–water partition coefficient (Wildman–Crippen LogP) is 5.79. The van der Waals surface area contributed by atoms with Gasteiger partial charge in [-0.05, 0) is 31.2 Å². The summed E-state index contributed by atoms with van der Waals surface area (Å²) in [6.45, 7) is 12.7. The second-order valence-electron chi connectivity index (χ2n) is 6.13. The zero-order valence-corrected chi connectivity index (χ0v) is 14.3. The van der Waals surface area contributed by atoms with Gasteiger partial charge in [0.2, 0.25) is 0 Å². The second-order valence-corrected chi connectivity index (χ2v) is 6.13. The Hall–Kier alpha value is -0.0400. The summed E-state index contributed by atoms with van der Waals surface area (Å²) < 4.78 is 0. The molecule has 0 saturated heterocycles. The van der Waals surface area contributed by atoms with Crippen LogP contribution in [0.4, 0.5) is 0 Å². The van der Waals surface area contributed by atoms with Gasteiger partial charge in [-0.1, -0.05) is 79.6 Å². The van der Waals surface area contributed by atoms with Crippen LogP contribution in [0.5, 0.6) is 0 Å². The first-order chi connectivity index (χ1) is 9.23. The van der Waals surface area contributed by atoms with Crippen LogP contribution in [-0.2, 0) is 0 Å². The van der Waals surface area contributed by atoms with E-state index in [0.29, 0.717) is 0 Å². The molecule has 0 saturated carbocycles. The van der Waals surface area contributed by atoms with Crippen LogP contribution in [0.2, 0.25) is 0 Å². The molecule has 0 aliphatic heterocycles. The van der Waals surface area contributed by atoms with E-state index in [9.17, 15) is 0 Å². The van der Waals surface area contributed by atoms with Crippen molar-refractivity contribution in [1.82, 2.24) is 5.32 Å². The van der Waals surface area contributed by atoms with Crippen molar-refractivity contribution in [2.45, 2.75) is 98.4 Å². The van der Waals surface area contributed by atoms with Gasteiger partial charge in [0.25, 0.3) is 0 Å². The van der Waals surface area contributed by atoms with Gasteiger partial charge >= 0.3 is 0 Å². The van der Waals surface area contributed by atoms with Crippen LogP contribution >= 0.6 is 0 Å². The van der Waals surface area contributed by atoms with Crippen LogP contribution < -0.4 is 5.32 Å². The van der Waals surface area contributed by atoms with E-state index in [0.717, 1.165) is 24.4 Å². The van der Waals surface area contributed by atoms with Crippen molar-refractivity contribution in [2.24, 2.45) is 11.8 Å². The third-order valence-corrected chi connectivity index (χ3v) is 4.62. The molecule has 116 valence electrons. The lowest BCUT2D eigenvalue weighted by Crippen LogP contribution is -2.37. The topological polar surface area (TPSA) is 12.0 Å². The molecule has 0 bridgehead atoms. The van der Waals surface area contributed by atoms with Crippen LogP contribution in [0.15, 0.2) is 0 Å². The fourth-order valence-corrected chi connectivity index (χ4v) is 3.20. The van der Waals surface area contributed by atoms with Crippen LogP contribution in [0.25, 0.3) is 0 Å². The van der Waals surface area contributed by atoms with E-state index in [1.807, 2.05) is 0 Å². The maximum atomic E-state index is 3.78. The molecule has 0 radical (unpaired) electrons. The van der Waals surface area contributed by atoms with Gasteiger partial charge < -0.3 is 5.32 Å². The van der Waals surface area contributed by atoms with E-state index in [-0.39, 0.29) is 0 Å². The zero-order valence-electron chi connectivity index (χ0n) is 14.3. The van der Waals surface area contributed by atoms with Crippen molar-refractivity contribution in [3.05, 3.63) is 0 Å². The third-order valence-electron chi connectivity index (χ3n) is 4.62. The van der Waals surface area contributed by atoms with E-state index in [2.05, 4.69) is 39.9 Å². The SMILES string of the molecule is CCCCC(CC)CC(NCC)C(CC)CCCC. The Morgan fingerprint density at radius 2 is 1.42 bits per heavy atom. The minimum atomic E-state index is 0.753. The minimum Gasteiger partial charge on any atom is -0.314 e. The molecule has 0 rings (SSSR count). The van der Waals surface area contributed by atoms with E-state index >= 15 is 0 Å². The first-order valence-electron chi connectivity index (χ1n) is 8.96. The molecule has 19 heavy (non-hydrogen) atoms. The van der Waals surface area contributed by atoms with Gasteiger partial charge in [0, 0.05) is 6.04 Å². The fraction of sp³-hybridized carbons (Fsp3) is 1.00. The molecule has 3 unspecified atom stereocenters. The maximum absolute atomic E-state index is 3.78. The highest BCUT2D eigenvalue weighted by Gasteiger charge is 2.21. The predicted molar refractivity (Wildman–Crippen MR) is 88.7 cm³/mol. The van der Waals surface area contributed by atoms with Crippen molar-refractivity contribution in [3.63, 3.8) is 0 Å². The Labute approximate surface area is 122 Å². The fourth-order valence-electron chi connectivity index (χ4n) is 3.20. The molecular formula is C18H39N. The molecule has 0 aromatic carbocycles. The van der Waals surface area contributed by atoms with Gasteiger partial charge in [-0.15, -0.1) is 0 Å². The Morgan fingerprint density at radius 3 is 1.89 bits per heavy atom. The van der Waals surface area contributed by atoms with E-state index in [1.54, 1.807) is 0 Å². The van der Waals surface area contributed by atoms with Gasteiger partial charge in [0.05, 0.1) is 0 Å². The summed E-state index contributed by atoms with van der Waals surface area (Å²) in [5.41, 5.74) is 0. The Bertz CT molecular complexity index is 179. The summed E-state index contributed by atoms with van der Waals surface area (Å²) in [5, 5.41) is 3.78. The van der Waals surface area contributed by atoms with Gasteiger partial charge in [0.15, 0.2) is 0 Å². The summed E-state index contributed by atoms with van der Waals surface area (Å²) in [7, 11) is 0. The number of unbranched alkanes of at least 4 members (excludes halogenated alkanes) is 2. The van der Waals surface area contributed by atoms with Crippen molar-refractivity contribution in [3.8, 4) is 0 Å². The highest BCUT2D eigenvalue weighted by molar-refractivity contribution is 4.78. The molecule has 0 aliphatic carbocycles. The Morgan fingerprint density at radius 1 is 0.789 bits per heavy atom. The van der Waals surface area contributed by atoms with Crippen molar-refractivity contribution >= 4 is 0 Å². The van der Waals surface area contributed by atoms with Gasteiger partial charge in [0.1, 0.15) is 0 Å². The van der Waals surface area contributed by atoms with Gasteiger partial charge in [-0.3, -0.25) is 0 Å². The summed E-state index contributed by atoms with van der Waals surface area (Å²) in [6.07, 6.45) is 12.4. The van der Waals surface area contributed by atoms with E-state index < -0.39 is 0 Å². The van der Waals surface area contributed by atoms with Crippen molar-refractivity contribution in [2.75, 3.05) is 6.54 Å². The highest BCUT2D eigenvalue weighted by Crippen LogP contribution is 2.26. The van der Waals surface area contributed by atoms with Crippen LogP contribution in [-0.4, -0.2) is 12.6 Å². The summed E-state index contributed by atoms with van der Waals surface area (Å²) >= 11 is 0. The summed E-state index contributed by atoms with van der Waals surface area (Å²) in [5.74, 6) is 1.82. The highest BCUT2D eigenvalue weighted by atomic mass is 14.9. The number of hydrogen-bond donors (Lipinski definition) is 1. The normalized spacial score (nSPS) is 16.3. The molecule has 1 nitrogen and oxygen atoms in total. The van der Waals surface area contributed by atoms with Gasteiger partial charge in [-0.25, -0.2) is 0 Å². The molecule has 0 heterocycles. The number of rotatable bonds is 13. The lowest BCUT2D eigenvalue weighted by molar-refractivity contribution is 0.258. The van der Waals surface area contributed by atoms with Crippen LogP contribution in [0.1, 0.15) is 92.4 Å². The molecule has 0 amide bonds. The largest absolute Gasteiger partial charge is 0.314 e. The average molecular weight is 270 g/mol. The first-order valence-corrected chi connectivity index (χ1v) is 8.96. The first kappa shape index (κ1) is 19.0. The molecule has 0 spiro atoms. The van der Waals surface area contributed by atoms with Crippen molar-refractivity contribution in [1.29, 1.82) is 0 Å². The molecule has 1 N–H and O–H groups in total. The monoisotopic (exact) mass is 269 g/mol. The summed E-state index contributed by atoms with van der Waals surface area (Å²) in [6, 6.07) is 0.753. The van der Waals surface area contributed by atoms with Crippen molar-refractivity contribution < 1.29 is 0 Å². The molecule has 3 atom stereocenters. The lowest BCUT2D eigenvalue weighted by atomic mass is 9.83. The average Bonchev–Trinajstić information content (AvgIpc) is 2.43. The van der Waals surface area contributed by atoms with Crippen LogP contribution in [0, 0.1) is 11.8 Å². The van der Waals surface area contributed by atoms with E-state index in [4.69, 9.17) is 0 Å².